The van der Waals surface area contributed by atoms with E-state index in [1.165, 1.54) is 25.3 Å². The average Bonchev–Trinajstić information content (AvgIpc) is 2.94. The first-order chi connectivity index (χ1) is 18.0. The number of hydrogen-bond acceptors (Lipinski definition) is 7. The quantitative estimate of drug-likeness (QED) is 0.239. The smallest absolute Gasteiger partial charge is 0.180 e. The molecule has 3 aromatic carbocycles. The van der Waals surface area contributed by atoms with Crippen molar-refractivity contribution in [3.8, 4) is 23.0 Å². The third kappa shape index (κ3) is 7.75. The van der Waals surface area contributed by atoms with Crippen LogP contribution in [0.4, 0.5) is 0 Å². The summed E-state index contributed by atoms with van der Waals surface area (Å²) in [5.41, 5.74) is 2.93. The van der Waals surface area contributed by atoms with Gasteiger partial charge < -0.3 is 29.7 Å². The lowest BCUT2D eigenvalue weighted by Gasteiger charge is -2.18. The van der Waals surface area contributed by atoms with E-state index >= 15 is 0 Å². The zero-order chi connectivity index (χ0) is 26.6. The number of phenols is 1. The Labute approximate surface area is 216 Å². The summed E-state index contributed by atoms with van der Waals surface area (Å²) in [5.74, 6) is 1.28. The van der Waals surface area contributed by atoms with Gasteiger partial charge in [-0.2, -0.15) is 0 Å². The van der Waals surface area contributed by atoms with Crippen molar-refractivity contribution in [1.29, 1.82) is 0 Å². The fraction of sp³-hybridized carbons (Fsp3) is 0.167. The van der Waals surface area contributed by atoms with Crippen molar-refractivity contribution in [1.82, 2.24) is 5.32 Å². The van der Waals surface area contributed by atoms with Crippen molar-refractivity contribution >= 4 is 17.9 Å². The van der Waals surface area contributed by atoms with Crippen LogP contribution in [0.5, 0.6) is 23.0 Å². The van der Waals surface area contributed by atoms with Crippen LogP contribution in [-0.2, 0) is 4.79 Å². The molecule has 7 nitrogen and oxygen atoms in total. The van der Waals surface area contributed by atoms with Crippen LogP contribution >= 0.6 is 0 Å². The second-order valence-electron chi connectivity index (χ2n) is 8.00. The van der Waals surface area contributed by atoms with Gasteiger partial charge in [0, 0.05) is 11.8 Å². The van der Waals surface area contributed by atoms with Crippen molar-refractivity contribution in [2.45, 2.75) is 6.04 Å². The molecule has 0 fully saturated rings. The molecule has 192 valence electrons. The van der Waals surface area contributed by atoms with E-state index in [-0.39, 0.29) is 18.1 Å². The normalized spacial score (nSPS) is 12.5. The molecule has 0 bridgehead atoms. The van der Waals surface area contributed by atoms with Gasteiger partial charge in [-0.25, -0.2) is 0 Å². The first-order valence-electron chi connectivity index (χ1n) is 11.6. The first-order valence-corrected chi connectivity index (χ1v) is 11.6. The number of hydrogen-bond donors (Lipinski definition) is 3. The molecule has 0 heterocycles. The average molecular weight is 502 g/mol. The monoisotopic (exact) mass is 501 g/mol. The van der Waals surface area contributed by atoms with Crippen LogP contribution in [0.15, 0.2) is 90.7 Å². The van der Waals surface area contributed by atoms with Gasteiger partial charge in [0.15, 0.2) is 28.8 Å². The molecule has 1 atom stereocenters. The number of rotatable bonds is 12. The number of allylic oxidation sites excluding steroid dienone is 3. The number of carbonyl (C=O) groups is 1. The summed E-state index contributed by atoms with van der Waals surface area (Å²) in [5, 5.41) is 23.1. The number of aliphatic hydroxyl groups excluding tert-OH is 1. The Bertz CT molecular complexity index is 1280. The molecular formula is C30H31NO6. The largest absolute Gasteiger partial charge is 0.504 e. The molecule has 0 aliphatic rings. The summed E-state index contributed by atoms with van der Waals surface area (Å²) in [6.07, 6.45) is 8.12. The minimum Gasteiger partial charge on any atom is -0.504 e. The summed E-state index contributed by atoms with van der Waals surface area (Å²) in [6, 6.07) is 19.4. The van der Waals surface area contributed by atoms with E-state index in [2.05, 4.69) is 5.32 Å². The van der Waals surface area contributed by atoms with E-state index < -0.39 is 6.04 Å². The highest BCUT2D eigenvalue weighted by molar-refractivity contribution is 6.02. The Morgan fingerprint density at radius 3 is 2.11 bits per heavy atom. The lowest BCUT2D eigenvalue weighted by molar-refractivity contribution is -0.110. The highest BCUT2D eigenvalue weighted by atomic mass is 16.5. The fourth-order valence-corrected chi connectivity index (χ4v) is 3.58. The highest BCUT2D eigenvalue weighted by Gasteiger charge is 2.11. The van der Waals surface area contributed by atoms with Crippen LogP contribution in [0.25, 0.3) is 12.2 Å². The molecule has 3 N–H and O–H groups in total. The molecule has 0 spiro atoms. The molecule has 0 aromatic heterocycles. The predicted octanol–water partition coefficient (Wildman–Crippen LogP) is 4.92. The van der Waals surface area contributed by atoms with Gasteiger partial charge in [0.05, 0.1) is 34.0 Å². The van der Waals surface area contributed by atoms with E-state index in [1.807, 2.05) is 48.5 Å². The van der Waals surface area contributed by atoms with Crippen molar-refractivity contribution in [3.05, 3.63) is 107 Å². The minimum absolute atomic E-state index is 0.0219. The molecule has 0 saturated heterocycles. The van der Waals surface area contributed by atoms with Crippen molar-refractivity contribution < 1.29 is 29.2 Å². The number of ketones is 1. The minimum atomic E-state index is -0.416. The Kier molecular flexibility index (Phi) is 9.93. The third-order valence-electron chi connectivity index (χ3n) is 5.53. The second kappa shape index (κ2) is 13.6. The summed E-state index contributed by atoms with van der Waals surface area (Å²) in [4.78, 5) is 12.8. The summed E-state index contributed by atoms with van der Waals surface area (Å²) < 4.78 is 15.8. The third-order valence-corrected chi connectivity index (χ3v) is 5.53. The number of phenolic OH excluding ortho intramolecular Hbond substituents is 1. The lowest BCUT2D eigenvalue weighted by Crippen LogP contribution is -2.23. The van der Waals surface area contributed by atoms with Gasteiger partial charge in [0.1, 0.15) is 0 Å². The molecule has 3 rings (SSSR count). The zero-order valence-electron chi connectivity index (χ0n) is 21.0. The van der Waals surface area contributed by atoms with E-state index in [4.69, 9.17) is 14.2 Å². The van der Waals surface area contributed by atoms with Crippen LogP contribution in [0.1, 0.15) is 22.7 Å². The summed E-state index contributed by atoms with van der Waals surface area (Å²) >= 11 is 0. The number of carbonyl (C=O) groups excluding carboxylic acids is 1. The van der Waals surface area contributed by atoms with Gasteiger partial charge in [-0.05, 0) is 53.1 Å². The molecule has 37 heavy (non-hydrogen) atoms. The number of benzene rings is 3. The van der Waals surface area contributed by atoms with E-state index in [1.54, 1.807) is 44.6 Å². The molecule has 3 aromatic rings. The fourth-order valence-electron chi connectivity index (χ4n) is 3.58. The van der Waals surface area contributed by atoms with Crippen LogP contribution in [0.3, 0.4) is 0 Å². The molecule has 0 radical (unpaired) electrons. The first kappa shape index (κ1) is 27.1. The molecular weight excluding hydrogens is 470 g/mol. The standard InChI is InChI=1S/C30H31NO6/c1-35-28-16-12-21(18-30(28)37-3)9-13-24(31-26(20-32)23-7-5-4-6-8-23)19-25(33)14-10-22-11-15-27(34)29(17-22)36-2/h4-19,26,31-32,34H,20H2,1-3H3/b13-9+,14-10+,24-19-/t26-/m1/s1. The number of aliphatic hydroxyl groups is 1. The maximum Gasteiger partial charge on any atom is 0.180 e. The van der Waals surface area contributed by atoms with Gasteiger partial charge in [0.25, 0.3) is 0 Å². The Balaban J connectivity index is 1.89. The second-order valence-corrected chi connectivity index (χ2v) is 8.00. The number of nitrogens with one attached hydrogen (secondary N) is 1. The van der Waals surface area contributed by atoms with Crippen molar-refractivity contribution in [3.63, 3.8) is 0 Å². The Morgan fingerprint density at radius 1 is 0.838 bits per heavy atom. The van der Waals surface area contributed by atoms with Gasteiger partial charge >= 0.3 is 0 Å². The maximum absolute atomic E-state index is 12.8. The lowest BCUT2D eigenvalue weighted by atomic mass is 10.1. The maximum atomic E-state index is 12.8. The van der Waals surface area contributed by atoms with Gasteiger partial charge in [0.2, 0.25) is 0 Å². The van der Waals surface area contributed by atoms with Crippen LogP contribution < -0.4 is 19.5 Å². The topological polar surface area (TPSA) is 97.3 Å². The SMILES string of the molecule is COc1cc(/C=C/C(=O)/C=C(/C=C/c2ccc(OC)c(OC)c2)N[C@H](CO)c2ccccc2)ccc1O. The molecule has 0 saturated carbocycles. The Hall–Kier alpha value is -4.49. The highest BCUT2D eigenvalue weighted by Crippen LogP contribution is 2.28. The van der Waals surface area contributed by atoms with Crippen LogP contribution in [0, 0.1) is 0 Å². The zero-order valence-corrected chi connectivity index (χ0v) is 21.0. The molecule has 0 unspecified atom stereocenters. The summed E-state index contributed by atoms with van der Waals surface area (Å²) in [7, 11) is 4.60. The van der Waals surface area contributed by atoms with Crippen molar-refractivity contribution in [2.75, 3.05) is 27.9 Å². The van der Waals surface area contributed by atoms with Gasteiger partial charge in [-0.15, -0.1) is 0 Å². The van der Waals surface area contributed by atoms with E-state index in [9.17, 15) is 15.0 Å². The summed E-state index contributed by atoms with van der Waals surface area (Å²) in [6.45, 7) is -0.164. The van der Waals surface area contributed by atoms with Crippen molar-refractivity contribution in [2.24, 2.45) is 0 Å². The van der Waals surface area contributed by atoms with Gasteiger partial charge in [-0.3, -0.25) is 4.79 Å². The number of ether oxygens (including phenoxy) is 3. The molecule has 0 aliphatic carbocycles. The molecule has 0 amide bonds. The van der Waals surface area contributed by atoms with E-state index in [0.717, 1.165) is 11.1 Å². The number of aromatic hydroxyl groups is 1. The van der Waals surface area contributed by atoms with Crippen LogP contribution in [-0.4, -0.2) is 43.9 Å². The molecule has 0 aliphatic heterocycles. The van der Waals surface area contributed by atoms with Gasteiger partial charge in [-0.1, -0.05) is 54.6 Å². The molecule has 7 heteroatoms. The number of methoxy groups -OCH3 is 3. The Morgan fingerprint density at radius 2 is 1.46 bits per heavy atom. The van der Waals surface area contributed by atoms with Crippen LogP contribution in [0.2, 0.25) is 0 Å². The predicted molar refractivity (Wildman–Crippen MR) is 145 cm³/mol. The van der Waals surface area contributed by atoms with E-state index in [0.29, 0.717) is 28.5 Å².